The van der Waals surface area contributed by atoms with Crippen molar-refractivity contribution in [3.05, 3.63) is 46.1 Å². The van der Waals surface area contributed by atoms with E-state index in [1.54, 1.807) is 6.07 Å². The zero-order chi connectivity index (χ0) is 12.4. The molecule has 1 aromatic heterocycles. The summed E-state index contributed by atoms with van der Waals surface area (Å²) in [6.07, 6.45) is 0. The van der Waals surface area contributed by atoms with Gasteiger partial charge in [0.25, 0.3) is 5.95 Å². The van der Waals surface area contributed by atoms with Crippen molar-refractivity contribution in [1.29, 1.82) is 0 Å². The summed E-state index contributed by atoms with van der Waals surface area (Å²) in [5.41, 5.74) is 0.924. The summed E-state index contributed by atoms with van der Waals surface area (Å²) < 4.78 is 11.4. The molecule has 0 aliphatic rings. The van der Waals surface area contributed by atoms with Gasteiger partial charge in [-0.2, -0.15) is 0 Å². The molecule has 0 unspecified atom stereocenters. The molecule has 0 bridgehead atoms. The number of carboxylic acids is 1. The minimum Gasteiger partial charge on any atom is -0.475 e. The normalized spacial score (nSPS) is 10.2. The van der Waals surface area contributed by atoms with E-state index in [2.05, 4.69) is 15.9 Å². The maximum atomic E-state index is 10.6. The molecular weight excluding hydrogens is 288 g/mol. The molecule has 1 N–H and O–H groups in total. The van der Waals surface area contributed by atoms with Crippen LogP contribution in [0.15, 0.2) is 39.2 Å². The molecule has 17 heavy (non-hydrogen) atoms. The summed E-state index contributed by atoms with van der Waals surface area (Å²) in [5.74, 6) is -0.477. The molecule has 2 aromatic rings. The van der Waals surface area contributed by atoms with Crippen molar-refractivity contribution in [2.24, 2.45) is 0 Å². The van der Waals surface area contributed by atoms with Crippen molar-refractivity contribution in [1.82, 2.24) is 0 Å². The van der Waals surface area contributed by atoms with Gasteiger partial charge < -0.3 is 14.3 Å². The highest BCUT2D eigenvalue weighted by Crippen LogP contribution is 2.28. The second-order valence-electron chi connectivity index (χ2n) is 3.44. The van der Waals surface area contributed by atoms with Crippen molar-refractivity contribution in [2.45, 2.75) is 6.92 Å². The topological polar surface area (TPSA) is 59.7 Å². The van der Waals surface area contributed by atoms with Crippen LogP contribution >= 0.6 is 15.9 Å². The number of carboxylic acid groups (broad SMARTS) is 1. The molecule has 0 radical (unpaired) electrons. The van der Waals surface area contributed by atoms with E-state index in [4.69, 9.17) is 14.3 Å². The first-order chi connectivity index (χ1) is 8.06. The van der Waals surface area contributed by atoms with Gasteiger partial charge in [0, 0.05) is 10.5 Å². The standard InChI is InChI=1S/C12H9BrO4/c1-7-6-8(13)2-3-9(7)16-11-5-4-10(17-11)12(14)15/h2-6H,1H3,(H,14,15). The summed E-state index contributed by atoms with van der Waals surface area (Å²) in [7, 11) is 0. The molecule has 1 aromatic carbocycles. The first kappa shape index (κ1) is 11.7. The Bertz CT molecular complexity index is 559. The van der Waals surface area contributed by atoms with Crippen LogP contribution in [0.2, 0.25) is 0 Å². The molecule has 0 aliphatic heterocycles. The predicted octanol–water partition coefficient (Wildman–Crippen LogP) is 3.84. The maximum Gasteiger partial charge on any atom is 0.371 e. The maximum absolute atomic E-state index is 10.6. The van der Waals surface area contributed by atoms with E-state index in [1.165, 1.54) is 12.1 Å². The van der Waals surface area contributed by atoms with Crippen LogP contribution in [-0.2, 0) is 0 Å². The Labute approximate surface area is 106 Å². The van der Waals surface area contributed by atoms with Crippen LogP contribution < -0.4 is 4.74 Å². The van der Waals surface area contributed by atoms with Gasteiger partial charge >= 0.3 is 5.97 Å². The highest BCUT2D eigenvalue weighted by atomic mass is 79.9. The Morgan fingerprint density at radius 1 is 1.35 bits per heavy atom. The second-order valence-corrected chi connectivity index (χ2v) is 4.35. The average Bonchev–Trinajstić information content (AvgIpc) is 2.71. The van der Waals surface area contributed by atoms with Gasteiger partial charge in [-0.3, -0.25) is 0 Å². The summed E-state index contributed by atoms with van der Waals surface area (Å²) in [4.78, 5) is 10.6. The lowest BCUT2D eigenvalue weighted by atomic mass is 10.2. The minimum atomic E-state index is -1.12. The van der Waals surface area contributed by atoms with Crippen LogP contribution in [0.4, 0.5) is 0 Å². The Morgan fingerprint density at radius 2 is 2.12 bits per heavy atom. The number of carbonyl (C=O) groups is 1. The fraction of sp³-hybridized carbons (Fsp3) is 0.0833. The summed E-state index contributed by atoms with van der Waals surface area (Å²) in [6.45, 7) is 1.89. The molecule has 0 amide bonds. The molecular formula is C12H9BrO4. The lowest BCUT2D eigenvalue weighted by Gasteiger charge is -2.05. The van der Waals surface area contributed by atoms with Gasteiger partial charge in [0.2, 0.25) is 5.76 Å². The Kier molecular flexibility index (Phi) is 3.19. The molecule has 5 heteroatoms. The molecule has 0 spiro atoms. The van der Waals surface area contributed by atoms with Crippen LogP contribution in [0.25, 0.3) is 0 Å². The quantitative estimate of drug-likeness (QED) is 0.935. The number of ether oxygens (including phenoxy) is 1. The van der Waals surface area contributed by atoms with Crippen molar-refractivity contribution in [2.75, 3.05) is 0 Å². The van der Waals surface area contributed by atoms with E-state index in [0.717, 1.165) is 10.0 Å². The zero-order valence-electron chi connectivity index (χ0n) is 8.94. The molecule has 0 aliphatic carbocycles. The van der Waals surface area contributed by atoms with E-state index >= 15 is 0 Å². The molecule has 0 saturated carbocycles. The predicted molar refractivity (Wildman–Crippen MR) is 64.6 cm³/mol. The van der Waals surface area contributed by atoms with Crippen molar-refractivity contribution >= 4 is 21.9 Å². The first-order valence-electron chi connectivity index (χ1n) is 4.83. The van der Waals surface area contributed by atoms with Crippen molar-refractivity contribution < 1.29 is 19.1 Å². The Morgan fingerprint density at radius 3 is 2.71 bits per heavy atom. The third kappa shape index (κ3) is 2.68. The number of rotatable bonds is 3. The lowest BCUT2D eigenvalue weighted by molar-refractivity contribution is 0.0657. The number of aryl methyl sites for hydroxylation is 1. The largest absolute Gasteiger partial charge is 0.475 e. The van der Waals surface area contributed by atoms with Crippen molar-refractivity contribution in [3.63, 3.8) is 0 Å². The molecule has 1 heterocycles. The average molecular weight is 297 g/mol. The Balaban J connectivity index is 2.22. The minimum absolute atomic E-state index is 0.144. The molecule has 0 atom stereocenters. The first-order valence-corrected chi connectivity index (χ1v) is 5.62. The number of hydrogen-bond acceptors (Lipinski definition) is 3. The number of aromatic carboxylic acids is 1. The van der Waals surface area contributed by atoms with E-state index in [0.29, 0.717) is 5.75 Å². The summed E-state index contributed by atoms with van der Waals surface area (Å²) in [6, 6.07) is 8.35. The smallest absolute Gasteiger partial charge is 0.371 e. The number of halogens is 1. The van der Waals surface area contributed by atoms with Crippen LogP contribution in [0.5, 0.6) is 11.7 Å². The van der Waals surface area contributed by atoms with Crippen LogP contribution in [-0.4, -0.2) is 11.1 Å². The molecule has 2 rings (SSSR count). The zero-order valence-corrected chi connectivity index (χ0v) is 10.5. The number of furan rings is 1. The molecule has 0 fully saturated rings. The van der Waals surface area contributed by atoms with Crippen LogP contribution in [0.3, 0.4) is 0 Å². The third-order valence-electron chi connectivity index (χ3n) is 2.14. The number of benzene rings is 1. The van der Waals surface area contributed by atoms with Gasteiger partial charge in [-0.15, -0.1) is 0 Å². The van der Waals surface area contributed by atoms with Gasteiger partial charge in [-0.25, -0.2) is 4.79 Å². The van der Waals surface area contributed by atoms with E-state index < -0.39 is 5.97 Å². The highest BCUT2D eigenvalue weighted by molar-refractivity contribution is 9.10. The lowest BCUT2D eigenvalue weighted by Crippen LogP contribution is -1.91. The third-order valence-corrected chi connectivity index (χ3v) is 2.63. The van der Waals surface area contributed by atoms with E-state index in [-0.39, 0.29) is 11.7 Å². The molecule has 0 saturated heterocycles. The van der Waals surface area contributed by atoms with Gasteiger partial charge in [0.15, 0.2) is 0 Å². The van der Waals surface area contributed by atoms with E-state index in [1.807, 2.05) is 19.1 Å². The number of hydrogen-bond donors (Lipinski definition) is 1. The molecule has 4 nitrogen and oxygen atoms in total. The van der Waals surface area contributed by atoms with Gasteiger partial charge in [0.05, 0.1) is 0 Å². The van der Waals surface area contributed by atoms with Crippen LogP contribution in [0.1, 0.15) is 16.1 Å². The summed E-state index contributed by atoms with van der Waals surface area (Å²) >= 11 is 3.35. The van der Waals surface area contributed by atoms with E-state index in [9.17, 15) is 4.79 Å². The van der Waals surface area contributed by atoms with Crippen LogP contribution in [0, 0.1) is 6.92 Å². The van der Waals surface area contributed by atoms with Gasteiger partial charge in [-0.1, -0.05) is 15.9 Å². The fourth-order valence-electron chi connectivity index (χ4n) is 1.33. The van der Waals surface area contributed by atoms with Gasteiger partial charge in [0.1, 0.15) is 5.75 Å². The highest BCUT2D eigenvalue weighted by Gasteiger charge is 2.11. The Hall–Kier alpha value is -1.75. The fourth-order valence-corrected chi connectivity index (χ4v) is 1.80. The van der Waals surface area contributed by atoms with Gasteiger partial charge in [-0.05, 0) is 36.8 Å². The van der Waals surface area contributed by atoms with Crippen molar-refractivity contribution in [3.8, 4) is 11.7 Å². The second kappa shape index (κ2) is 4.63. The summed E-state index contributed by atoms with van der Waals surface area (Å²) in [5, 5.41) is 8.70. The molecule has 88 valence electrons. The SMILES string of the molecule is Cc1cc(Br)ccc1Oc1ccc(C(=O)O)o1. The monoisotopic (exact) mass is 296 g/mol.